The van der Waals surface area contributed by atoms with Crippen LogP contribution in [0.1, 0.15) is 39.2 Å². The molecule has 0 aliphatic carbocycles. The Hall–Kier alpha value is -3.26. The summed E-state index contributed by atoms with van der Waals surface area (Å²) >= 11 is 0. The number of carbonyl (C=O) groups is 1. The second-order valence-corrected chi connectivity index (χ2v) is 7.90. The molecule has 8 heteroatoms. The molecule has 0 aromatic carbocycles. The molecule has 2 N–H and O–H groups in total. The van der Waals surface area contributed by atoms with Gasteiger partial charge in [0.2, 0.25) is 0 Å². The van der Waals surface area contributed by atoms with Crippen LogP contribution in [0.4, 0.5) is 11.6 Å². The van der Waals surface area contributed by atoms with Gasteiger partial charge in [-0.1, -0.05) is 0 Å². The van der Waals surface area contributed by atoms with Crippen LogP contribution in [-0.2, 0) is 17.7 Å². The normalized spacial score (nSPS) is 14.1. The summed E-state index contributed by atoms with van der Waals surface area (Å²) in [6, 6.07) is 5.91. The van der Waals surface area contributed by atoms with E-state index in [1.165, 1.54) is 0 Å². The molecular formula is C23H28N6O2. The Labute approximate surface area is 182 Å². The van der Waals surface area contributed by atoms with Crippen LogP contribution in [0.3, 0.4) is 0 Å². The Kier molecular flexibility index (Phi) is 6.27. The number of anilines is 2. The molecule has 0 saturated carbocycles. The Bertz CT molecular complexity index is 1050. The zero-order valence-corrected chi connectivity index (χ0v) is 18.0. The average molecular weight is 421 g/mol. The van der Waals surface area contributed by atoms with E-state index in [4.69, 9.17) is 10.5 Å². The summed E-state index contributed by atoms with van der Waals surface area (Å²) in [7, 11) is 0. The lowest BCUT2D eigenvalue weighted by atomic mass is 10.00. The Morgan fingerprint density at radius 2 is 2.03 bits per heavy atom. The molecular weight excluding hydrogens is 392 g/mol. The highest BCUT2D eigenvalue weighted by Crippen LogP contribution is 2.18. The molecule has 31 heavy (non-hydrogen) atoms. The van der Waals surface area contributed by atoms with E-state index in [0.717, 1.165) is 54.5 Å². The molecule has 0 atom stereocenters. The minimum Gasteiger partial charge on any atom is -0.384 e. The SMILES string of the molecule is Cc1cc(N)nc(C)c1CCC(=O)c1cnn(Cc2ccnc(N3CCOCC3)c2)c1. The first-order valence-corrected chi connectivity index (χ1v) is 10.6. The van der Waals surface area contributed by atoms with Gasteiger partial charge in [-0.25, -0.2) is 9.97 Å². The first-order chi connectivity index (χ1) is 15.0. The highest BCUT2D eigenvalue weighted by molar-refractivity contribution is 5.95. The van der Waals surface area contributed by atoms with Crippen molar-refractivity contribution in [2.24, 2.45) is 0 Å². The molecule has 4 heterocycles. The van der Waals surface area contributed by atoms with Crippen LogP contribution < -0.4 is 10.6 Å². The maximum absolute atomic E-state index is 12.7. The summed E-state index contributed by atoms with van der Waals surface area (Å²) in [4.78, 5) is 23.7. The number of nitrogens with zero attached hydrogens (tertiary/aromatic N) is 5. The number of aromatic nitrogens is 4. The summed E-state index contributed by atoms with van der Waals surface area (Å²) in [5.74, 6) is 1.54. The number of carbonyl (C=O) groups excluding carboxylic acids is 1. The van der Waals surface area contributed by atoms with Crippen molar-refractivity contribution in [3.63, 3.8) is 0 Å². The van der Waals surface area contributed by atoms with Crippen LogP contribution in [0, 0.1) is 13.8 Å². The number of rotatable bonds is 7. The minimum absolute atomic E-state index is 0.0746. The van der Waals surface area contributed by atoms with Gasteiger partial charge in [0, 0.05) is 37.6 Å². The van der Waals surface area contributed by atoms with E-state index in [9.17, 15) is 4.79 Å². The molecule has 1 saturated heterocycles. The number of Topliss-reactive ketones (excluding diaryl/α,β-unsaturated/α-hetero) is 1. The second-order valence-electron chi connectivity index (χ2n) is 7.90. The zero-order chi connectivity index (χ0) is 21.8. The number of nitrogen functional groups attached to an aromatic ring is 1. The van der Waals surface area contributed by atoms with Crippen molar-refractivity contribution in [1.29, 1.82) is 0 Å². The van der Waals surface area contributed by atoms with Crippen LogP contribution in [-0.4, -0.2) is 51.8 Å². The largest absolute Gasteiger partial charge is 0.384 e. The van der Waals surface area contributed by atoms with E-state index in [2.05, 4.69) is 26.0 Å². The smallest absolute Gasteiger partial charge is 0.166 e. The molecule has 0 radical (unpaired) electrons. The third-order valence-electron chi connectivity index (χ3n) is 5.62. The van der Waals surface area contributed by atoms with Gasteiger partial charge in [-0.05, 0) is 55.2 Å². The number of pyridine rings is 2. The minimum atomic E-state index is 0.0746. The fraction of sp³-hybridized carbons (Fsp3) is 0.391. The molecule has 0 amide bonds. The molecule has 0 unspecified atom stereocenters. The molecule has 4 rings (SSSR count). The Morgan fingerprint density at radius 3 is 2.81 bits per heavy atom. The van der Waals surface area contributed by atoms with Crippen LogP contribution in [0.15, 0.2) is 36.8 Å². The number of ether oxygens (including phenoxy) is 1. The number of ketones is 1. The maximum Gasteiger partial charge on any atom is 0.166 e. The number of hydrogen-bond donors (Lipinski definition) is 1. The summed E-state index contributed by atoms with van der Waals surface area (Å²) in [5.41, 5.74) is 10.6. The van der Waals surface area contributed by atoms with Crippen molar-refractivity contribution in [3.05, 3.63) is 64.7 Å². The Morgan fingerprint density at radius 1 is 1.23 bits per heavy atom. The molecule has 162 valence electrons. The number of hydrogen-bond acceptors (Lipinski definition) is 7. The lowest BCUT2D eigenvalue weighted by Crippen LogP contribution is -2.36. The molecule has 0 spiro atoms. The molecule has 3 aromatic rings. The second kappa shape index (κ2) is 9.26. The van der Waals surface area contributed by atoms with Gasteiger partial charge in [-0.3, -0.25) is 9.48 Å². The van der Waals surface area contributed by atoms with Crippen molar-refractivity contribution < 1.29 is 9.53 Å². The summed E-state index contributed by atoms with van der Waals surface area (Å²) in [5, 5.41) is 4.39. The van der Waals surface area contributed by atoms with E-state index in [0.29, 0.717) is 30.8 Å². The van der Waals surface area contributed by atoms with Crippen LogP contribution >= 0.6 is 0 Å². The molecule has 3 aromatic heterocycles. The molecule has 1 fully saturated rings. The van der Waals surface area contributed by atoms with Gasteiger partial charge in [0.15, 0.2) is 5.78 Å². The number of aryl methyl sites for hydroxylation is 2. The number of morpholine rings is 1. The maximum atomic E-state index is 12.7. The van der Waals surface area contributed by atoms with Crippen molar-refractivity contribution in [3.8, 4) is 0 Å². The topological polar surface area (TPSA) is 99.2 Å². The van der Waals surface area contributed by atoms with Gasteiger partial charge in [0.05, 0.1) is 31.5 Å². The first-order valence-electron chi connectivity index (χ1n) is 10.6. The number of nitrogens with two attached hydrogens (primary N) is 1. The molecule has 1 aliphatic heterocycles. The van der Waals surface area contributed by atoms with E-state index in [1.54, 1.807) is 10.9 Å². The van der Waals surface area contributed by atoms with E-state index in [1.807, 2.05) is 38.4 Å². The van der Waals surface area contributed by atoms with Gasteiger partial charge in [0.1, 0.15) is 11.6 Å². The Balaban J connectivity index is 1.39. The van der Waals surface area contributed by atoms with Gasteiger partial charge < -0.3 is 15.4 Å². The third-order valence-corrected chi connectivity index (χ3v) is 5.62. The zero-order valence-electron chi connectivity index (χ0n) is 18.0. The summed E-state index contributed by atoms with van der Waals surface area (Å²) < 4.78 is 7.21. The van der Waals surface area contributed by atoms with Crippen molar-refractivity contribution >= 4 is 17.4 Å². The van der Waals surface area contributed by atoms with E-state index < -0.39 is 0 Å². The predicted octanol–water partition coefficient (Wildman–Crippen LogP) is 2.57. The van der Waals surface area contributed by atoms with Gasteiger partial charge >= 0.3 is 0 Å². The van der Waals surface area contributed by atoms with Crippen molar-refractivity contribution in [1.82, 2.24) is 19.7 Å². The van der Waals surface area contributed by atoms with Gasteiger partial charge in [-0.2, -0.15) is 5.10 Å². The highest BCUT2D eigenvalue weighted by atomic mass is 16.5. The van der Waals surface area contributed by atoms with Crippen molar-refractivity contribution in [2.45, 2.75) is 33.2 Å². The monoisotopic (exact) mass is 420 g/mol. The fourth-order valence-corrected chi connectivity index (χ4v) is 3.95. The lowest BCUT2D eigenvalue weighted by molar-refractivity contribution is 0.0982. The third kappa shape index (κ3) is 5.08. The van der Waals surface area contributed by atoms with E-state index >= 15 is 0 Å². The first kappa shape index (κ1) is 21.0. The standard InChI is InChI=1S/C23H28N6O2/c1-16-11-22(24)27-17(2)20(16)3-4-21(30)19-13-26-29(15-19)14-18-5-6-25-23(12-18)28-7-9-31-10-8-28/h5-6,11-13,15H,3-4,7-10,14H2,1-2H3,(H2,24,27). The van der Waals surface area contributed by atoms with Crippen LogP contribution in [0.5, 0.6) is 0 Å². The summed E-state index contributed by atoms with van der Waals surface area (Å²) in [6.45, 7) is 7.67. The lowest BCUT2D eigenvalue weighted by Gasteiger charge is -2.28. The van der Waals surface area contributed by atoms with Crippen LogP contribution in [0.2, 0.25) is 0 Å². The molecule has 8 nitrogen and oxygen atoms in total. The van der Waals surface area contributed by atoms with E-state index in [-0.39, 0.29) is 5.78 Å². The molecule has 1 aliphatic rings. The molecule has 0 bridgehead atoms. The van der Waals surface area contributed by atoms with Crippen LogP contribution in [0.25, 0.3) is 0 Å². The summed E-state index contributed by atoms with van der Waals surface area (Å²) in [6.07, 6.45) is 6.34. The van der Waals surface area contributed by atoms with Gasteiger partial charge in [0.25, 0.3) is 0 Å². The average Bonchev–Trinajstić information content (AvgIpc) is 3.22. The highest BCUT2D eigenvalue weighted by Gasteiger charge is 2.14. The van der Waals surface area contributed by atoms with Gasteiger partial charge in [-0.15, -0.1) is 0 Å². The quantitative estimate of drug-likeness (QED) is 0.587. The predicted molar refractivity (Wildman–Crippen MR) is 119 cm³/mol. The van der Waals surface area contributed by atoms with Crippen molar-refractivity contribution in [2.75, 3.05) is 36.9 Å². The fourth-order valence-electron chi connectivity index (χ4n) is 3.95.